The molecule has 7 nitrogen and oxygen atoms in total. The highest BCUT2D eigenvalue weighted by molar-refractivity contribution is 6.00. The number of hydrogen-bond acceptors (Lipinski definition) is 6. The molecular formula is C9H8O7. The van der Waals surface area contributed by atoms with Crippen LogP contribution in [0.4, 0.5) is 0 Å². The van der Waals surface area contributed by atoms with E-state index in [2.05, 4.69) is 9.47 Å². The number of ether oxygens (including phenoxy) is 2. The summed E-state index contributed by atoms with van der Waals surface area (Å²) in [5.74, 6) is -4.40. The molecule has 0 aliphatic carbocycles. The standard InChI is InChI=1S/C9H8O7/c1-15-7(12)4-5-9(14)16-8(13)3-2-6(10)11/h2-5H,1H3,(H,10,11)/b3-2+,5-4-. The molecule has 0 aliphatic rings. The molecule has 0 amide bonds. The molecule has 1 N–H and O–H groups in total. The van der Waals surface area contributed by atoms with Gasteiger partial charge in [-0.3, -0.25) is 0 Å². The number of aliphatic carboxylic acids is 1. The van der Waals surface area contributed by atoms with Gasteiger partial charge < -0.3 is 14.6 Å². The van der Waals surface area contributed by atoms with Gasteiger partial charge in [-0.15, -0.1) is 0 Å². The van der Waals surface area contributed by atoms with E-state index in [1.165, 1.54) is 0 Å². The molecule has 7 heteroatoms. The van der Waals surface area contributed by atoms with E-state index in [0.29, 0.717) is 18.2 Å². The Morgan fingerprint density at radius 2 is 1.31 bits per heavy atom. The van der Waals surface area contributed by atoms with E-state index in [-0.39, 0.29) is 0 Å². The average Bonchev–Trinajstić information content (AvgIpc) is 2.23. The minimum absolute atomic E-state index is 0.514. The normalized spacial score (nSPS) is 10.3. The first kappa shape index (κ1) is 13.6. The Bertz CT molecular complexity index is 364. The fourth-order valence-corrected chi connectivity index (χ4v) is 0.511. The van der Waals surface area contributed by atoms with Gasteiger partial charge in [0.15, 0.2) is 0 Å². The number of esters is 3. The van der Waals surface area contributed by atoms with E-state index in [0.717, 1.165) is 13.2 Å². The topological polar surface area (TPSA) is 107 Å². The van der Waals surface area contributed by atoms with Crippen molar-refractivity contribution in [2.75, 3.05) is 7.11 Å². The number of carboxylic acids is 1. The molecule has 0 unspecified atom stereocenters. The highest BCUT2D eigenvalue weighted by Crippen LogP contribution is 1.87. The van der Waals surface area contributed by atoms with Gasteiger partial charge in [-0.05, 0) is 0 Å². The van der Waals surface area contributed by atoms with Crippen LogP contribution in [0.15, 0.2) is 24.3 Å². The highest BCUT2D eigenvalue weighted by atomic mass is 16.6. The van der Waals surface area contributed by atoms with Crippen molar-refractivity contribution in [3.8, 4) is 0 Å². The molecule has 0 aromatic carbocycles. The van der Waals surface area contributed by atoms with E-state index >= 15 is 0 Å². The van der Waals surface area contributed by atoms with Crippen LogP contribution in [0.5, 0.6) is 0 Å². The van der Waals surface area contributed by atoms with Crippen molar-refractivity contribution >= 4 is 23.9 Å². The smallest absolute Gasteiger partial charge is 0.338 e. The predicted octanol–water partition coefficient (Wildman–Crippen LogP) is -0.574. The van der Waals surface area contributed by atoms with Crippen LogP contribution in [0.2, 0.25) is 0 Å². The lowest BCUT2D eigenvalue weighted by Gasteiger charge is -1.93. The summed E-state index contributed by atoms with van der Waals surface area (Å²) in [4.78, 5) is 42.0. The van der Waals surface area contributed by atoms with Gasteiger partial charge in [-0.2, -0.15) is 0 Å². The Hall–Kier alpha value is -2.44. The molecule has 0 fully saturated rings. The number of carbonyl (C=O) groups excluding carboxylic acids is 3. The Labute approximate surface area is 89.9 Å². The molecule has 0 saturated carbocycles. The average molecular weight is 228 g/mol. The first-order valence-electron chi connectivity index (χ1n) is 3.88. The number of carboxylic acid groups (broad SMARTS) is 1. The Morgan fingerprint density at radius 3 is 1.75 bits per heavy atom. The first-order valence-corrected chi connectivity index (χ1v) is 3.88. The quantitative estimate of drug-likeness (QED) is 0.390. The number of methoxy groups -OCH3 is 1. The second kappa shape index (κ2) is 6.93. The zero-order valence-corrected chi connectivity index (χ0v) is 8.21. The summed E-state index contributed by atoms with van der Waals surface area (Å²) < 4.78 is 8.25. The fourth-order valence-electron chi connectivity index (χ4n) is 0.511. The zero-order valence-electron chi connectivity index (χ0n) is 8.21. The highest BCUT2D eigenvalue weighted by Gasteiger charge is 2.05. The van der Waals surface area contributed by atoms with Gasteiger partial charge in [0.25, 0.3) is 0 Å². The summed E-state index contributed by atoms with van der Waals surface area (Å²) in [6.07, 6.45) is 2.51. The minimum atomic E-state index is -1.35. The molecule has 0 aromatic rings. The van der Waals surface area contributed by atoms with Crippen LogP contribution in [0, 0.1) is 0 Å². The van der Waals surface area contributed by atoms with Crippen molar-refractivity contribution in [2.45, 2.75) is 0 Å². The summed E-state index contributed by atoms with van der Waals surface area (Å²) in [6, 6.07) is 0. The largest absolute Gasteiger partial charge is 0.478 e. The van der Waals surface area contributed by atoms with E-state index in [4.69, 9.17) is 5.11 Å². The molecule has 0 bridgehead atoms. The van der Waals surface area contributed by atoms with Gasteiger partial charge in [0.1, 0.15) is 0 Å². The van der Waals surface area contributed by atoms with Gasteiger partial charge in [0, 0.05) is 24.3 Å². The van der Waals surface area contributed by atoms with Gasteiger partial charge in [-0.1, -0.05) is 0 Å². The summed E-state index contributed by atoms with van der Waals surface area (Å²) in [5, 5.41) is 8.15. The molecule has 0 aromatic heterocycles. The second-order valence-corrected chi connectivity index (χ2v) is 2.27. The van der Waals surface area contributed by atoms with Gasteiger partial charge in [0.05, 0.1) is 7.11 Å². The fraction of sp³-hybridized carbons (Fsp3) is 0.111. The molecule has 86 valence electrons. The Kier molecular flexibility index (Phi) is 5.88. The lowest BCUT2D eigenvalue weighted by Crippen LogP contribution is -2.08. The van der Waals surface area contributed by atoms with Crippen molar-refractivity contribution in [1.82, 2.24) is 0 Å². The third-order valence-corrected chi connectivity index (χ3v) is 1.12. The molecule has 16 heavy (non-hydrogen) atoms. The molecule has 0 aliphatic heterocycles. The monoisotopic (exact) mass is 228 g/mol. The van der Waals surface area contributed by atoms with Gasteiger partial charge in [-0.25, -0.2) is 19.2 Å². The van der Waals surface area contributed by atoms with Crippen LogP contribution in [0.3, 0.4) is 0 Å². The van der Waals surface area contributed by atoms with Crippen molar-refractivity contribution < 1.29 is 33.8 Å². The molecule has 0 saturated heterocycles. The summed E-state index contributed by atoms with van der Waals surface area (Å²) in [6.45, 7) is 0. The maximum absolute atomic E-state index is 10.8. The van der Waals surface area contributed by atoms with Gasteiger partial charge >= 0.3 is 23.9 Å². The molecule has 0 rings (SSSR count). The summed E-state index contributed by atoms with van der Waals surface area (Å²) in [7, 11) is 1.11. The lowest BCUT2D eigenvalue weighted by atomic mass is 10.5. The van der Waals surface area contributed by atoms with Crippen LogP contribution in [-0.2, 0) is 28.7 Å². The maximum atomic E-state index is 10.8. The molecular weight excluding hydrogens is 220 g/mol. The van der Waals surface area contributed by atoms with E-state index in [9.17, 15) is 19.2 Å². The molecule has 0 heterocycles. The first-order chi connectivity index (χ1) is 7.45. The third kappa shape index (κ3) is 7.01. The van der Waals surface area contributed by atoms with Crippen LogP contribution in [0.25, 0.3) is 0 Å². The van der Waals surface area contributed by atoms with Crippen LogP contribution < -0.4 is 0 Å². The number of carbonyl (C=O) groups is 4. The van der Waals surface area contributed by atoms with E-state index < -0.39 is 23.9 Å². The predicted molar refractivity (Wildman–Crippen MR) is 49.0 cm³/mol. The van der Waals surface area contributed by atoms with E-state index in [1.807, 2.05) is 0 Å². The van der Waals surface area contributed by atoms with Crippen LogP contribution in [0.1, 0.15) is 0 Å². The van der Waals surface area contributed by atoms with Crippen LogP contribution in [-0.4, -0.2) is 36.1 Å². The minimum Gasteiger partial charge on any atom is -0.478 e. The molecule has 0 atom stereocenters. The number of rotatable bonds is 4. The molecule has 0 radical (unpaired) electrons. The second-order valence-electron chi connectivity index (χ2n) is 2.27. The van der Waals surface area contributed by atoms with E-state index in [1.54, 1.807) is 0 Å². The van der Waals surface area contributed by atoms with Crippen molar-refractivity contribution in [1.29, 1.82) is 0 Å². The number of hydrogen-bond donors (Lipinski definition) is 1. The van der Waals surface area contributed by atoms with Crippen molar-refractivity contribution in [2.24, 2.45) is 0 Å². The van der Waals surface area contributed by atoms with Gasteiger partial charge in [0.2, 0.25) is 0 Å². The summed E-state index contributed by atoms with van der Waals surface area (Å²) in [5.41, 5.74) is 0. The van der Waals surface area contributed by atoms with Crippen molar-refractivity contribution in [3.63, 3.8) is 0 Å². The van der Waals surface area contributed by atoms with Crippen LogP contribution >= 0.6 is 0 Å². The SMILES string of the molecule is COC(=O)/C=C\C(=O)OC(=O)/C=C/C(=O)O. The van der Waals surface area contributed by atoms with Crippen molar-refractivity contribution in [3.05, 3.63) is 24.3 Å². The molecule has 0 spiro atoms. The lowest BCUT2D eigenvalue weighted by molar-refractivity contribution is -0.153. The third-order valence-electron chi connectivity index (χ3n) is 1.12. The maximum Gasteiger partial charge on any atom is 0.338 e. The summed E-state index contributed by atoms with van der Waals surface area (Å²) >= 11 is 0. The Morgan fingerprint density at radius 1 is 0.875 bits per heavy atom. The zero-order chi connectivity index (χ0) is 12.6. The Balaban J connectivity index is 4.16.